The highest BCUT2D eigenvalue weighted by molar-refractivity contribution is 6.26. The lowest BCUT2D eigenvalue weighted by Gasteiger charge is -2.02. The van der Waals surface area contributed by atoms with Crippen LogP contribution in [-0.4, -0.2) is 18.5 Å². The second-order valence-electron chi connectivity index (χ2n) is 4.88. The van der Waals surface area contributed by atoms with Gasteiger partial charge in [-0.15, -0.1) is 11.6 Å². The lowest BCUT2D eigenvalue weighted by atomic mass is 10.1. The molecule has 0 radical (unpaired) electrons. The Morgan fingerprint density at radius 1 is 0.947 bits per heavy atom. The summed E-state index contributed by atoms with van der Waals surface area (Å²) >= 11 is 5.32. The fourth-order valence-corrected chi connectivity index (χ4v) is 1.93. The molecule has 0 amide bonds. The average Bonchev–Trinajstić information content (AvgIpc) is 2.43. The van der Waals surface area contributed by atoms with E-state index < -0.39 is 0 Å². The van der Waals surface area contributed by atoms with E-state index in [4.69, 9.17) is 16.3 Å². The van der Waals surface area contributed by atoms with Crippen molar-refractivity contribution in [2.45, 2.75) is 71.1 Å². The number of rotatable bonds is 13. The monoisotopic (exact) mass is 288 g/mol. The third kappa shape index (κ3) is 15.4. The summed E-state index contributed by atoms with van der Waals surface area (Å²) in [5.41, 5.74) is 0. The molecule has 0 spiro atoms. The van der Waals surface area contributed by atoms with Crippen LogP contribution in [0.25, 0.3) is 0 Å². The van der Waals surface area contributed by atoms with Crippen molar-refractivity contribution >= 4 is 17.6 Å². The van der Waals surface area contributed by atoms with Gasteiger partial charge in [0.2, 0.25) is 0 Å². The molecule has 0 aliphatic rings. The summed E-state index contributed by atoms with van der Waals surface area (Å²) in [5, 5.41) is 0. The first-order chi connectivity index (χ1) is 9.31. The first-order valence-corrected chi connectivity index (χ1v) is 8.21. The summed E-state index contributed by atoms with van der Waals surface area (Å²) in [5.74, 6) is -0.345. The van der Waals surface area contributed by atoms with Crippen LogP contribution in [0.4, 0.5) is 0 Å². The number of esters is 1. The number of hydrogen-bond acceptors (Lipinski definition) is 2. The molecule has 112 valence electrons. The van der Waals surface area contributed by atoms with Gasteiger partial charge in [-0.25, -0.2) is 0 Å². The quantitative estimate of drug-likeness (QED) is 0.200. The minimum atomic E-state index is -0.309. The van der Waals surface area contributed by atoms with Crippen LogP contribution >= 0.6 is 11.6 Å². The molecule has 0 heterocycles. The lowest BCUT2D eigenvalue weighted by molar-refractivity contribution is -0.140. The Morgan fingerprint density at radius 3 is 2.16 bits per heavy atom. The van der Waals surface area contributed by atoms with E-state index in [1.165, 1.54) is 51.4 Å². The van der Waals surface area contributed by atoms with E-state index in [9.17, 15) is 4.79 Å². The van der Waals surface area contributed by atoms with Crippen LogP contribution in [0.5, 0.6) is 0 Å². The molecular weight excluding hydrogens is 260 g/mol. The van der Waals surface area contributed by atoms with Gasteiger partial charge in [-0.1, -0.05) is 57.6 Å². The largest absolute Gasteiger partial charge is 0.465 e. The Morgan fingerprint density at radius 2 is 1.53 bits per heavy atom. The average molecular weight is 289 g/mol. The van der Waals surface area contributed by atoms with Gasteiger partial charge >= 0.3 is 5.97 Å². The molecule has 0 rings (SSSR count). The van der Waals surface area contributed by atoms with Crippen molar-refractivity contribution in [3.63, 3.8) is 0 Å². The molecule has 0 atom stereocenters. The van der Waals surface area contributed by atoms with Crippen molar-refractivity contribution in [3.05, 3.63) is 12.2 Å². The fraction of sp³-hybridized carbons (Fsp3) is 0.812. The molecule has 0 aromatic heterocycles. The highest BCUT2D eigenvalue weighted by Crippen LogP contribution is 2.08. The van der Waals surface area contributed by atoms with Crippen LogP contribution in [0.3, 0.4) is 0 Å². The molecule has 3 heteroatoms. The minimum absolute atomic E-state index is 0.0359. The van der Waals surface area contributed by atoms with Crippen molar-refractivity contribution in [2.75, 3.05) is 12.5 Å². The van der Waals surface area contributed by atoms with Gasteiger partial charge in [-0.05, 0) is 25.7 Å². The summed E-state index contributed by atoms with van der Waals surface area (Å²) in [6.07, 6.45) is 16.9. The number of ether oxygens (including phenoxy) is 1. The van der Waals surface area contributed by atoms with Crippen LogP contribution < -0.4 is 0 Å². The van der Waals surface area contributed by atoms with Crippen LogP contribution in [0.2, 0.25) is 0 Å². The molecule has 0 bridgehead atoms. The van der Waals surface area contributed by atoms with Gasteiger partial charge in [0.1, 0.15) is 5.88 Å². The molecular formula is C16H29ClO2. The summed E-state index contributed by atoms with van der Waals surface area (Å²) in [4.78, 5) is 10.8. The number of unbranched alkanes of at least 4 members (excludes halogenated alkanes) is 8. The Kier molecular flexibility index (Phi) is 15.1. The number of hydrogen-bond donors (Lipinski definition) is 0. The van der Waals surface area contributed by atoms with E-state index in [2.05, 4.69) is 19.1 Å². The maximum atomic E-state index is 10.8. The van der Waals surface area contributed by atoms with Crippen LogP contribution in [-0.2, 0) is 9.53 Å². The van der Waals surface area contributed by atoms with Gasteiger partial charge < -0.3 is 4.74 Å². The molecule has 0 aromatic rings. The van der Waals surface area contributed by atoms with Crippen LogP contribution in [0.1, 0.15) is 71.1 Å². The fourth-order valence-electron chi connectivity index (χ4n) is 1.85. The number of allylic oxidation sites excluding steroid dienone is 2. The number of halogens is 1. The molecule has 19 heavy (non-hydrogen) atoms. The maximum Gasteiger partial charge on any atom is 0.320 e. The van der Waals surface area contributed by atoms with Gasteiger partial charge in [-0.3, -0.25) is 4.79 Å². The number of alkyl halides is 1. The molecule has 2 nitrogen and oxygen atoms in total. The molecule has 0 fully saturated rings. The predicted molar refractivity (Wildman–Crippen MR) is 82.7 cm³/mol. The Hall–Kier alpha value is -0.500. The molecule has 0 aliphatic heterocycles. The van der Waals surface area contributed by atoms with Gasteiger partial charge in [0, 0.05) is 0 Å². The van der Waals surface area contributed by atoms with Crippen molar-refractivity contribution in [2.24, 2.45) is 0 Å². The van der Waals surface area contributed by atoms with E-state index in [0.717, 1.165) is 12.8 Å². The third-order valence-electron chi connectivity index (χ3n) is 3.03. The molecule has 0 saturated heterocycles. The van der Waals surface area contributed by atoms with Gasteiger partial charge in [0.05, 0.1) is 6.61 Å². The first-order valence-electron chi connectivity index (χ1n) is 7.67. The highest BCUT2D eigenvalue weighted by Gasteiger charge is 1.98. The summed E-state index contributed by atoms with van der Waals surface area (Å²) < 4.78 is 4.90. The third-order valence-corrected chi connectivity index (χ3v) is 3.25. The normalized spacial score (nSPS) is 11.1. The van der Waals surface area contributed by atoms with E-state index in [0.29, 0.717) is 6.61 Å². The van der Waals surface area contributed by atoms with Crippen molar-refractivity contribution in [1.82, 2.24) is 0 Å². The Labute approximate surface area is 123 Å². The topological polar surface area (TPSA) is 26.3 Å². The zero-order valence-electron chi connectivity index (χ0n) is 12.3. The second-order valence-corrected chi connectivity index (χ2v) is 5.14. The smallest absolute Gasteiger partial charge is 0.320 e. The maximum absolute atomic E-state index is 10.8. The van der Waals surface area contributed by atoms with Crippen LogP contribution in [0.15, 0.2) is 12.2 Å². The molecule has 0 aliphatic carbocycles. The van der Waals surface area contributed by atoms with E-state index in [-0.39, 0.29) is 11.8 Å². The van der Waals surface area contributed by atoms with Crippen molar-refractivity contribution in [1.29, 1.82) is 0 Å². The first kappa shape index (κ1) is 18.5. The zero-order valence-corrected chi connectivity index (χ0v) is 13.1. The van der Waals surface area contributed by atoms with Gasteiger partial charge in [0.15, 0.2) is 0 Å². The van der Waals surface area contributed by atoms with E-state index in [1.54, 1.807) is 0 Å². The molecule has 0 N–H and O–H groups in total. The summed E-state index contributed by atoms with van der Waals surface area (Å²) in [6, 6.07) is 0. The Bertz CT molecular complexity index is 227. The molecule has 0 unspecified atom stereocenters. The molecule has 0 saturated carbocycles. The Balaban J connectivity index is 3.06. The lowest BCUT2D eigenvalue weighted by Crippen LogP contribution is -2.06. The minimum Gasteiger partial charge on any atom is -0.465 e. The molecule has 0 aromatic carbocycles. The number of carbonyl (C=O) groups excluding carboxylic acids is 1. The summed E-state index contributed by atoms with van der Waals surface area (Å²) in [7, 11) is 0. The predicted octanol–water partition coefficient (Wildman–Crippen LogP) is 5.25. The standard InChI is InChI=1S/C16H29ClO2/c1-2-3-4-5-6-7-8-9-10-11-12-13-14-19-16(18)15-17/h5-6H,2-4,7-15H2,1H3/b6-5-. The van der Waals surface area contributed by atoms with E-state index in [1.807, 2.05) is 0 Å². The highest BCUT2D eigenvalue weighted by atomic mass is 35.5. The van der Waals surface area contributed by atoms with Crippen molar-refractivity contribution in [3.8, 4) is 0 Å². The van der Waals surface area contributed by atoms with Gasteiger partial charge in [-0.2, -0.15) is 0 Å². The van der Waals surface area contributed by atoms with Crippen LogP contribution in [0, 0.1) is 0 Å². The van der Waals surface area contributed by atoms with E-state index >= 15 is 0 Å². The van der Waals surface area contributed by atoms with Gasteiger partial charge in [0.25, 0.3) is 0 Å². The summed E-state index contributed by atoms with van der Waals surface area (Å²) in [6.45, 7) is 2.75. The number of carbonyl (C=O) groups is 1. The zero-order chi connectivity index (χ0) is 14.2. The van der Waals surface area contributed by atoms with Crippen molar-refractivity contribution < 1.29 is 9.53 Å². The SMILES string of the molecule is CCCC/C=C\CCCCCCCCOC(=O)CCl. The second kappa shape index (κ2) is 15.6.